The van der Waals surface area contributed by atoms with Crippen molar-refractivity contribution in [3.05, 3.63) is 18.2 Å². The molecule has 0 aliphatic heterocycles. The largest absolute Gasteiger partial charge is 0.495 e. The molecule has 1 rings (SSSR count). The van der Waals surface area contributed by atoms with Crippen molar-refractivity contribution in [1.82, 2.24) is 0 Å². The number of methoxy groups -OCH3 is 1. The summed E-state index contributed by atoms with van der Waals surface area (Å²) in [6.07, 6.45) is 0. The molecule has 0 atom stereocenters. The van der Waals surface area contributed by atoms with E-state index in [2.05, 4.69) is 5.32 Å². The van der Waals surface area contributed by atoms with Gasteiger partial charge in [-0.15, -0.1) is 0 Å². The summed E-state index contributed by atoms with van der Waals surface area (Å²) in [6, 6.07) is 5.43. The number of benzene rings is 1. The molecule has 0 bridgehead atoms. The number of nitrogen functional groups attached to an aromatic ring is 1. The highest BCUT2D eigenvalue weighted by molar-refractivity contribution is 5.81. The van der Waals surface area contributed by atoms with Gasteiger partial charge in [0.2, 0.25) is 5.91 Å². The van der Waals surface area contributed by atoms with Crippen LogP contribution in [-0.2, 0) is 4.79 Å². The minimum atomic E-state index is -0.629. The number of primary amides is 1. The number of nitrogens with one attached hydrogen (secondary N) is 1. The van der Waals surface area contributed by atoms with E-state index in [0.29, 0.717) is 18.0 Å². The van der Waals surface area contributed by atoms with Gasteiger partial charge in [-0.25, -0.2) is 0 Å². The number of amides is 1. The van der Waals surface area contributed by atoms with E-state index in [1.54, 1.807) is 27.0 Å². The molecule has 0 saturated carbocycles. The molecule has 5 nitrogen and oxygen atoms in total. The topological polar surface area (TPSA) is 90.4 Å². The van der Waals surface area contributed by atoms with E-state index in [1.807, 2.05) is 12.1 Å². The average Bonchev–Trinajstić information content (AvgIpc) is 2.27. The quantitative estimate of drug-likeness (QED) is 0.671. The Morgan fingerprint density at radius 1 is 1.47 bits per heavy atom. The van der Waals surface area contributed by atoms with Crippen LogP contribution in [0.5, 0.6) is 5.75 Å². The van der Waals surface area contributed by atoms with Gasteiger partial charge in [-0.1, -0.05) is 6.07 Å². The molecule has 5 heteroatoms. The van der Waals surface area contributed by atoms with Gasteiger partial charge in [0, 0.05) is 6.54 Å². The molecule has 0 saturated heterocycles. The SMILES string of the molecule is COc1cccc(NCC(C)(C)C(N)=O)c1N. The third-order valence-electron chi connectivity index (χ3n) is 2.67. The van der Waals surface area contributed by atoms with Gasteiger partial charge in [-0.2, -0.15) is 0 Å². The van der Waals surface area contributed by atoms with Crippen molar-refractivity contribution in [1.29, 1.82) is 0 Å². The van der Waals surface area contributed by atoms with Gasteiger partial charge in [-0.05, 0) is 26.0 Å². The lowest BCUT2D eigenvalue weighted by Crippen LogP contribution is -2.37. The van der Waals surface area contributed by atoms with Crippen molar-refractivity contribution < 1.29 is 9.53 Å². The van der Waals surface area contributed by atoms with Gasteiger partial charge < -0.3 is 21.5 Å². The zero-order chi connectivity index (χ0) is 13.1. The maximum atomic E-state index is 11.2. The van der Waals surface area contributed by atoms with Crippen LogP contribution in [0.2, 0.25) is 0 Å². The molecular weight excluding hydrogens is 218 g/mol. The molecule has 0 aromatic heterocycles. The van der Waals surface area contributed by atoms with E-state index < -0.39 is 5.41 Å². The lowest BCUT2D eigenvalue weighted by molar-refractivity contribution is -0.125. The van der Waals surface area contributed by atoms with Crippen LogP contribution in [0.25, 0.3) is 0 Å². The van der Waals surface area contributed by atoms with Crippen molar-refractivity contribution in [2.75, 3.05) is 24.7 Å². The third kappa shape index (κ3) is 3.03. The van der Waals surface area contributed by atoms with Gasteiger partial charge >= 0.3 is 0 Å². The summed E-state index contributed by atoms with van der Waals surface area (Å²) >= 11 is 0. The second-order valence-corrected chi connectivity index (χ2v) is 4.52. The predicted octanol–water partition coefficient (Wildman–Crippen LogP) is 1.20. The van der Waals surface area contributed by atoms with Crippen molar-refractivity contribution in [2.45, 2.75) is 13.8 Å². The normalized spacial score (nSPS) is 11.0. The molecule has 5 N–H and O–H groups in total. The second-order valence-electron chi connectivity index (χ2n) is 4.52. The van der Waals surface area contributed by atoms with E-state index >= 15 is 0 Å². The van der Waals surface area contributed by atoms with Crippen LogP contribution in [-0.4, -0.2) is 19.6 Å². The molecule has 0 spiro atoms. The lowest BCUT2D eigenvalue weighted by Gasteiger charge is -2.22. The summed E-state index contributed by atoms with van der Waals surface area (Å²) < 4.78 is 5.11. The molecule has 94 valence electrons. The Morgan fingerprint density at radius 2 is 2.12 bits per heavy atom. The van der Waals surface area contributed by atoms with E-state index in [1.165, 1.54) is 0 Å². The maximum Gasteiger partial charge on any atom is 0.224 e. The number of carbonyl (C=O) groups is 1. The molecule has 1 aromatic rings. The summed E-state index contributed by atoms with van der Waals surface area (Å²) in [4.78, 5) is 11.2. The summed E-state index contributed by atoms with van der Waals surface area (Å²) in [5, 5.41) is 3.10. The molecule has 17 heavy (non-hydrogen) atoms. The van der Waals surface area contributed by atoms with Crippen molar-refractivity contribution >= 4 is 17.3 Å². The Morgan fingerprint density at radius 3 is 2.65 bits per heavy atom. The smallest absolute Gasteiger partial charge is 0.224 e. The highest BCUT2D eigenvalue weighted by Crippen LogP contribution is 2.29. The molecule has 0 radical (unpaired) electrons. The predicted molar refractivity (Wildman–Crippen MR) is 68.9 cm³/mol. The van der Waals surface area contributed by atoms with Gasteiger partial charge in [0.1, 0.15) is 5.75 Å². The first-order valence-electron chi connectivity index (χ1n) is 5.34. The van der Waals surface area contributed by atoms with Crippen molar-refractivity contribution in [3.63, 3.8) is 0 Å². The van der Waals surface area contributed by atoms with Crippen LogP contribution < -0.4 is 21.5 Å². The van der Waals surface area contributed by atoms with Crippen molar-refractivity contribution in [3.8, 4) is 5.75 Å². The fourth-order valence-electron chi connectivity index (χ4n) is 1.28. The highest BCUT2D eigenvalue weighted by atomic mass is 16.5. The first-order valence-corrected chi connectivity index (χ1v) is 5.34. The van der Waals surface area contributed by atoms with Crippen LogP contribution in [0.3, 0.4) is 0 Å². The number of hydrogen-bond acceptors (Lipinski definition) is 4. The zero-order valence-electron chi connectivity index (χ0n) is 10.4. The first kappa shape index (κ1) is 13.2. The van der Waals surface area contributed by atoms with Crippen LogP contribution in [0.1, 0.15) is 13.8 Å². The molecule has 0 heterocycles. The second kappa shape index (κ2) is 4.95. The van der Waals surface area contributed by atoms with Gasteiger partial charge in [-0.3, -0.25) is 4.79 Å². The maximum absolute atomic E-state index is 11.2. The summed E-state index contributed by atoms with van der Waals surface area (Å²) in [5.74, 6) is 0.248. The Labute approximate surface area is 101 Å². The van der Waals surface area contributed by atoms with Crippen LogP contribution in [0, 0.1) is 5.41 Å². The van der Waals surface area contributed by atoms with Crippen LogP contribution in [0.4, 0.5) is 11.4 Å². The van der Waals surface area contributed by atoms with E-state index in [-0.39, 0.29) is 5.91 Å². The number of hydrogen-bond donors (Lipinski definition) is 3. The fourth-order valence-corrected chi connectivity index (χ4v) is 1.28. The standard InChI is InChI=1S/C12H19N3O2/c1-12(2,11(14)16)7-15-8-5-4-6-9(17-3)10(8)13/h4-6,15H,7,13H2,1-3H3,(H2,14,16). The number of ether oxygens (including phenoxy) is 1. The van der Waals surface area contributed by atoms with Gasteiger partial charge in [0.05, 0.1) is 23.9 Å². The molecule has 0 unspecified atom stereocenters. The molecule has 0 fully saturated rings. The number of para-hydroxylation sites is 1. The lowest BCUT2D eigenvalue weighted by atomic mass is 9.92. The Kier molecular flexibility index (Phi) is 3.83. The Hall–Kier alpha value is -1.91. The highest BCUT2D eigenvalue weighted by Gasteiger charge is 2.24. The average molecular weight is 237 g/mol. The molecule has 0 aliphatic carbocycles. The monoisotopic (exact) mass is 237 g/mol. The Balaban J connectivity index is 2.80. The van der Waals surface area contributed by atoms with Crippen LogP contribution >= 0.6 is 0 Å². The molecular formula is C12H19N3O2. The molecule has 1 aromatic carbocycles. The zero-order valence-corrected chi connectivity index (χ0v) is 10.4. The number of rotatable bonds is 5. The van der Waals surface area contributed by atoms with Gasteiger partial charge in [0.15, 0.2) is 0 Å². The Bertz CT molecular complexity index is 416. The number of anilines is 2. The van der Waals surface area contributed by atoms with E-state index in [0.717, 1.165) is 5.69 Å². The summed E-state index contributed by atoms with van der Waals surface area (Å²) in [5.41, 5.74) is 11.8. The number of nitrogens with two attached hydrogens (primary N) is 2. The minimum absolute atomic E-state index is 0.355. The molecule has 1 amide bonds. The molecule has 0 aliphatic rings. The summed E-state index contributed by atoms with van der Waals surface area (Å²) in [6.45, 7) is 3.97. The van der Waals surface area contributed by atoms with E-state index in [9.17, 15) is 4.79 Å². The van der Waals surface area contributed by atoms with E-state index in [4.69, 9.17) is 16.2 Å². The fraction of sp³-hybridized carbons (Fsp3) is 0.417. The van der Waals surface area contributed by atoms with Crippen LogP contribution in [0.15, 0.2) is 18.2 Å². The minimum Gasteiger partial charge on any atom is -0.495 e. The van der Waals surface area contributed by atoms with Crippen molar-refractivity contribution in [2.24, 2.45) is 11.1 Å². The number of carbonyl (C=O) groups excluding carboxylic acids is 1. The third-order valence-corrected chi connectivity index (χ3v) is 2.67. The summed E-state index contributed by atoms with van der Waals surface area (Å²) in [7, 11) is 1.56. The van der Waals surface area contributed by atoms with Gasteiger partial charge in [0.25, 0.3) is 0 Å². The first-order chi connectivity index (χ1) is 7.88.